The number of carboxylic acids is 1. The monoisotopic (exact) mass is 291 g/mol. The molecule has 1 N–H and O–H groups in total. The molecule has 0 aliphatic heterocycles. The van der Waals surface area contributed by atoms with Gasteiger partial charge in [-0.1, -0.05) is 0 Å². The Kier molecular flexibility index (Phi) is 3.62. The molecule has 7 nitrogen and oxygen atoms in total. The minimum absolute atomic E-state index is 0. The van der Waals surface area contributed by atoms with Gasteiger partial charge in [0.25, 0.3) is 5.95 Å². The maximum absolute atomic E-state index is 10.8. The van der Waals surface area contributed by atoms with E-state index in [-0.39, 0.29) is 18.0 Å². The number of fused-ring (bicyclic) bond motifs is 1. The summed E-state index contributed by atoms with van der Waals surface area (Å²) in [5.74, 6) is -0.745. The summed E-state index contributed by atoms with van der Waals surface area (Å²) in [7, 11) is 0. The predicted molar refractivity (Wildman–Crippen MR) is 73.4 cm³/mol. The van der Waals surface area contributed by atoms with Crippen molar-refractivity contribution < 1.29 is 9.90 Å². The summed E-state index contributed by atoms with van der Waals surface area (Å²) in [6.07, 6.45) is 5.87. The van der Waals surface area contributed by atoms with Crippen LogP contribution in [0.5, 0.6) is 0 Å². The maximum Gasteiger partial charge on any atom is 0.338 e. The molecule has 102 valence electrons. The fourth-order valence-corrected chi connectivity index (χ4v) is 1.81. The average molecular weight is 292 g/mol. The van der Waals surface area contributed by atoms with Crippen LogP contribution in [0.15, 0.2) is 30.9 Å². The molecule has 20 heavy (non-hydrogen) atoms. The topological polar surface area (TPSA) is 93.8 Å². The molecule has 0 fully saturated rings. The number of rotatable bonds is 2. The molecule has 0 radical (unpaired) electrons. The number of aromatic carboxylic acids is 1. The molecule has 3 rings (SSSR count). The zero-order chi connectivity index (χ0) is 13.4. The maximum atomic E-state index is 10.8. The van der Waals surface area contributed by atoms with Crippen molar-refractivity contribution in [2.75, 3.05) is 0 Å². The first kappa shape index (κ1) is 13.9. The van der Waals surface area contributed by atoms with Crippen molar-refractivity contribution in [2.24, 2.45) is 0 Å². The molecule has 0 unspecified atom stereocenters. The molecule has 0 bridgehead atoms. The Labute approximate surface area is 119 Å². The van der Waals surface area contributed by atoms with Gasteiger partial charge in [0.1, 0.15) is 0 Å². The highest BCUT2D eigenvalue weighted by atomic mass is 35.5. The van der Waals surface area contributed by atoms with E-state index in [2.05, 4.69) is 20.1 Å². The quantitative estimate of drug-likeness (QED) is 0.771. The number of nitrogens with zero attached hydrogens (tertiary/aromatic N) is 5. The van der Waals surface area contributed by atoms with Crippen molar-refractivity contribution in [2.45, 2.75) is 6.92 Å². The molecule has 3 aromatic rings. The second-order valence-electron chi connectivity index (χ2n) is 3.97. The largest absolute Gasteiger partial charge is 0.478 e. The molecule has 0 saturated heterocycles. The third-order valence-corrected chi connectivity index (χ3v) is 2.74. The first-order valence-electron chi connectivity index (χ1n) is 5.52. The van der Waals surface area contributed by atoms with Crippen LogP contribution in [0.1, 0.15) is 16.1 Å². The SMILES string of the molecule is Cc1nn(-c2ncc(C(=O)O)cn2)c2cnccc12.Cl. The first-order chi connectivity index (χ1) is 9.16. The Bertz CT molecular complexity index is 769. The van der Waals surface area contributed by atoms with E-state index in [9.17, 15) is 4.79 Å². The van der Waals surface area contributed by atoms with Crippen LogP contribution in [-0.2, 0) is 0 Å². The summed E-state index contributed by atoms with van der Waals surface area (Å²) in [6, 6.07) is 1.86. The predicted octanol–water partition coefficient (Wildman–Crippen LogP) is 1.64. The van der Waals surface area contributed by atoms with E-state index in [4.69, 9.17) is 5.11 Å². The minimum Gasteiger partial charge on any atom is -0.478 e. The van der Waals surface area contributed by atoms with E-state index in [1.165, 1.54) is 12.4 Å². The number of aromatic nitrogens is 5. The molecular weight excluding hydrogens is 282 g/mol. The fraction of sp³-hybridized carbons (Fsp3) is 0.0833. The van der Waals surface area contributed by atoms with E-state index >= 15 is 0 Å². The molecule has 0 saturated carbocycles. The average Bonchev–Trinajstić information content (AvgIpc) is 2.77. The minimum atomic E-state index is -1.06. The van der Waals surface area contributed by atoms with Crippen LogP contribution in [0.3, 0.4) is 0 Å². The lowest BCUT2D eigenvalue weighted by Gasteiger charge is -2.00. The second-order valence-corrected chi connectivity index (χ2v) is 3.97. The summed E-state index contributed by atoms with van der Waals surface area (Å²) < 4.78 is 1.54. The van der Waals surface area contributed by atoms with E-state index < -0.39 is 5.97 Å². The van der Waals surface area contributed by atoms with Crippen LogP contribution < -0.4 is 0 Å². The van der Waals surface area contributed by atoms with Gasteiger partial charge in [0.2, 0.25) is 0 Å². The highest BCUT2D eigenvalue weighted by Crippen LogP contribution is 2.18. The molecule has 3 heterocycles. The Balaban J connectivity index is 0.00000147. The van der Waals surface area contributed by atoms with Gasteiger partial charge in [-0.15, -0.1) is 12.4 Å². The molecule has 0 amide bonds. The summed E-state index contributed by atoms with van der Waals surface area (Å²) in [5, 5.41) is 14.1. The van der Waals surface area contributed by atoms with Crippen molar-refractivity contribution in [3.63, 3.8) is 0 Å². The van der Waals surface area contributed by atoms with Crippen LogP contribution >= 0.6 is 12.4 Å². The van der Waals surface area contributed by atoms with Gasteiger partial charge < -0.3 is 5.11 Å². The van der Waals surface area contributed by atoms with E-state index in [0.717, 1.165) is 16.6 Å². The lowest BCUT2D eigenvalue weighted by Crippen LogP contribution is -2.05. The van der Waals surface area contributed by atoms with E-state index in [0.29, 0.717) is 5.95 Å². The molecule has 0 spiro atoms. The number of pyridine rings is 1. The second kappa shape index (κ2) is 5.22. The first-order valence-corrected chi connectivity index (χ1v) is 5.52. The number of halogens is 1. The van der Waals surface area contributed by atoms with E-state index in [1.807, 2.05) is 13.0 Å². The van der Waals surface area contributed by atoms with Crippen molar-refractivity contribution in [1.29, 1.82) is 0 Å². The van der Waals surface area contributed by atoms with Gasteiger partial charge in [0.05, 0.1) is 23.0 Å². The lowest BCUT2D eigenvalue weighted by molar-refractivity contribution is 0.0696. The van der Waals surface area contributed by atoms with Gasteiger partial charge >= 0.3 is 5.97 Å². The van der Waals surface area contributed by atoms with Crippen LogP contribution in [0.2, 0.25) is 0 Å². The summed E-state index contributed by atoms with van der Waals surface area (Å²) in [4.78, 5) is 22.8. The number of aryl methyl sites for hydroxylation is 1. The van der Waals surface area contributed by atoms with Gasteiger partial charge in [-0.25, -0.2) is 14.8 Å². The molecule has 0 aromatic carbocycles. The van der Waals surface area contributed by atoms with Gasteiger partial charge in [-0.05, 0) is 13.0 Å². The summed E-state index contributed by atoms with van der Waals surface area (Å²) in [6.45, 7) is 1.88. The zero-order valence-corrected chi connectivity index (χ0v) is 11.2. The smallest absolute Gasteiger partial charge is 0.338 e. The highest BCUT2D eigenvalue weighted by molar-refractivity contribution is 5.87. The number of hydrogen-bond donors (Lipinski definition) is 1. The molecule has 0 atom stereocenters. The van der Waals surface area contributed by atoms with Crippen LogP contribution in [0.4, 0.5) is 0 Å². The number of carbonyl (C=O) groups is 1. The normalized spacial score (nSPS) is 10.2. The summed E-state index contributed by atoms with van der Waals surface area (Å²) in [5.41, 5.74) is 1.65. The van der Waals surface area contributed by atoms with Gasteiger partial charge in [0, 0.05) is 24.0 Å². The standard InChI is InChI=1S/C12H9N5O2.ClH/c1-7-9-2-3-13-6-10(9)17(16-7)12-14-4-8(5-15-12)11(18)19;/h2-6H,1H3,(H,18,19);1H. The molecule has 0 aliphatic rings. The Hall–Kier alpha value is -2.54. The van der Waals surface area contributed by atoms with Crippen LogP contribution in [0, 0.1) is 6.92 Å². The van der Waals surface area contributed by atoms with Gasteiger partial charge in [-0.3, -0.25) is 4.98 Å². The van der Waals surface area contributed by atoms with Gasteiger partial charge in [0.15, 0.2) is 0 Å². The van der Waals surface area contributed by atoms with E-state index in [1.54, 1.807) is 17.1 Å². The van der Waals surface area contributed by atoms with Crippen molar-refractivity contribution in [1.82, 2.24) is 24.7 Å². The molecule has 3 aromatic heterocycles. The van der Waals surface area contributed by atoms with Crippen molar-refractivity contribution >= 4 is 29.3 Å². The van der Waals surface area contributed by atoms with Gasteiger partial charge in [-0.2, -0.15) is 9.78 Å². The Morgan fingerprint density at radius 1 is 1.25 bits per heavy atom. The number of carboxylic acid groups (broad SMARTS) is 1. The van der Waals surface area contributed by atoms with Crippen LogP contribution in [-0.4, -0.2) is 35.8 Å². The summed E-state index contributed by atoms with van der Waals surface area (Å²) >= 11 is 0. The van der Waals surface area contributed by atoms with Crippen LogP contribution in [0.25, 0.3) is 16.9 Å². The highest BCUT2D eigenvalue weighted by Gasteiger charge is 2.11. The Morgan fingerprint density at radius 2 is 1.95 bits per heavy atom. The van der Waals surface area contributed by atoms with Crippen molar-refractivity contribution in [3.8, 4) is 5.95 Å². The third-order valence-electron chi connectivity index (χ3n) is 2.74. The Morgan fingerprint density at radius 3 is 2.60 bits per heavy atom. The lowest BCUT2D eigenvalue weighted by atomic mass is 10.3. The van der Waals surface area contributed by atoms with Crippen molar-refractivity contribution in [3.05, 3.63) is 42.1 Å². The molecule has 8 heteroatoms. The number of hydrogen-bond acceptors (Lipinski definition) is 5. The third kappa shape index (κ3) is 2.19. The molecule has 0 aliphatic carbocycles. The zero-order valence-electron chi connectivity index (χ0n) is 10.4. The fourth-order valence-electron chi connectivity index (χ4n) is 1.81. The molecular formula is C12H10ClN5O2.